The summed E-state index contributed by atoms with van der Waals surface area (Å²) in [5.41, 5.74) is 1.05. The highest BCUT2D eigenvalue weighted by Crippen LogP contribution is 2.11. The number of aromatic nitrogens is 3. The summed E-state index contributed by atoms with van der Waals surface area (Å²) in [6.45, 7) is 3.09. The summed E-state index contributed by atoms with van der Waals surface area (Å²) in [6, 6.07) is 5.53. The van der Waals surface area contributed by atoms with Crippen molar-refractivity contribution >= 4 is 18.1 Å². The fraction of sp³-hybridized carbons (Fsp3) is 0.312. The highest BCUT2D eigenvalue weighted by Gasteiger charge is 2.17. The molecule has 0 unspecified atom stereocenters. The number of amides is 2. The highest BCUT2D eigenvalue weighted by molar-refractivity contribution is 5.91. The Kier molecular flexibility index (Phi) is 4.95. The van der Waals surface area contributed by atoms with Crippen LogP contribution in [-0.4, -0.2) is 58.3 Å². The lowest BCUT2D eigenvalue weighted by Crippen LogP contribution is -2.46. The number of hydrogen-bond donors (Lipinski definition) is 1. The quantitative estimate of drug-likeness (QED) is 0.783. The summed E-state index contributed by atoms with van der Waals surface area (Å²) in [5.74, 6) is 0.423. The van der Waals surface area contributed by atoms with E-state index in [0.29, 0.717) is 38.5 Å². The van der Waals surface area contributed by atoms with Gasteiger partial charge < -0.3 is 15.1 Å². The van der Waals surface area contributed by atoms with E-state index in [1.165, 1.54) is 6.20 Å². The lowest BCUT2D eigenvalue weighted by molar-refractivity contribution is -0.118. The Bertz CT molecular complexity index is 683. The Hall–Kier alpha value is -3.03. The maximum atomic E-state index is 12.1. The van der Waals surface area contributed by atoms with Crippen molar-refractivity contribution in [2.24, 2.45) is 0 Å². The molecule has 3 heterocycles. The van der Waals surface area contributed by atoms with E-state index in [0.717, 1.165) is 12.1 Å². The number of anilines is 1. The molecule has 8 nitrogen and oxygen atoms in total. The second-order valence-corrected chi connectivity index (χ2v) is 5.39. The summed E-state index contributed by atoms with van der Waals surface area (Å²) < 4.78 is 0. The molecule has 24 heavy (non-hydrogen) atoms. The molecular weight excluding hydrogens is 308 g/mol. The summed E-state index contributed by atoms with van der Waals surface area (Å²) >= 11 is 0. The van der Waals surface area contributed by atoms with E-state index in [9.17, 15) is 9.59 Å². The van der Waals surface area contributed by atoms with Crippen LogP contribution in [0.25, 0.3) is 0 Å². The van der Waals surface area contributed by atoms with Gasteiger partial charge in [0.05, 0.1) is 24.6 Å². The van der Waals surface area contributed by atoms with Crippen molar-refractivity contribution in [2.45, 2.75) is 6.54 Å². The summed E-state index contributed by atoms with van der Waals surface area (Å²) in [4.78, 5) is 39.2. The van der Waals surface area contributed by atoms with Crippen molar-refractivity contribution in [1.29, 1.82) is 0 Å². The lowest BCUT2D eigenvalue weighted by Gasteiger charge is -2.33. The number of nitrogens with zero attached hydrogens (tertiary/aromatic N) is 5. The minimum absolute atomic E-state index is 0.265. The highest BCUT2D eigenvalue weighted by atomic mass is 16.2. The molecule has 1 aliphatic heterocycles. The summed E-state index contributed by atoms with van der Waals surface area (Å²) in [7, 11) is 0. The average Bonchev–Trinajstić information content (AvgIpc) is 2.67. The Morgan fingerprint density at radius 1 is 1.12 bits per heavy atom. The topological polar surface area (TPSA) is 91.3 Å². The summed E-state index contributed by atoms with van der Waals surface area (Å²) in [6.07, 6.45) is 5.60. The molecule has 0 aliphatic carbocycles. The van der Waals surface area contributed by atoms with Gasteiger partial charge in [0.25, 0.3) is 5.91 Å². The normalized spacial score (nSPS) is 14.3. The number of piperazine rings is 1. The first-order valence-electron chi connectivity index (χ1n) is 7.71. The monoisotopic (exact) mass is 326 g/mol. The molecule has 1 aliphatic rings. The van der Waals surface area contributed by atoms with E-state index in [4.69, 9.17) is 0 Å². The molecule has 1 N–H and O–H groups in total. The van der Waals surface area contributed by atoms with E-state index in [-0.39, 0.29) is 11.6 Å². The zero-order chi connectivity index (χ0) is 16.8. The third-order valence-electron chi connectivity index (χ3n) is 3.81. The van der Waals surface area contributed by atoms with Gasteiger partial charge in [0.15, 0.2) is 0 Å². The van der Waals surface area contributed by atoms with Crippen molar-refractivity contribution in [3.05, 3.63) is 48.2 Å². The third-order valence-corrected chi connectivity index (χ3v) is 3.81. The number of carbonyl (C=O) groups excluding carboxylic acids is 2. The molecule has 8 heteroatoms. The van der Waals surface area contributed by atoms with Crippen LogP contribution in [0.2, 0.25) is 0 Å². The molecule has 0 saturated carbocycles. The molecule has 2 aromatic rings. The maximum absolute atomic E-state index is 12.1. The number of pyridine rings is 1. The van der Waals surface area contributed by atoms with Gasteiger partial charge in [0, 0.05) is 32.4 Å². The molecule has 2 amide bonds. The maximum Gasteiger partial charge on any atom is 0.271 e. The molecule has 0 spiro atoms. The van der Waals surface area contributed by atoms with Crippen LogP contribution in [0.5, 0.6) is 0 Å². The molecular formula is C16H18N6O2. The van der Waals surface area contributed by atoms with Crippen LogP contribution in [0.3, 0.4) is 0 Å². The second-order valence-electron chi connectivity index (χ2n) is 5.39. The predicted octanol–water partition coefficient (Wildman–Crippen LogP) is 0.0800. The van der Waals surface area contributed by atoms with Crippen molar-refractivity contribution < 1.29 is 9.59 Å². The van der Waals surface area contributed by atoms with Gasteiger partial charge in [-0.3, -0.25) is 14.6 Å². The van der Waals surface area contributed by atoms with E-state index < -0.39 is 0 Å². The molecule has 2 aromatic heterocycles. The summed E-state index contributed by atoms with van der Waals surface area (Å²) in [5, 5.41) is 2.76. The van der Waals surface area contributed by atoms with Gasteiger partial charge >= 0.3 is 0 Å². The third kappa shape index (κ3) is 3.83. The zero-order valence-electron chi connectivity index (χ0n) is 13.1. The van der Waals surface area contributed by atoms with Gasteiger partial charge in [-0.05, 0) is 12.1 Å². The number of rotatable bonds is 5. The van der Waals surface area contributed by atoms with Crippen LogP contribution in [0.1, 0.15) is 16.2 Å². The minimum Gasteiger partial charge on any atom is -0.352 e. The Morgan fingerprint density at radius 2 is 1.96 bits per heavy atom. The Labute approximate surface area is 139 Å². The predicted molar refractivity (Wildman–Crippen MR) is 87.3 cm³/mol. The average molecular weight is 326 g/mol. The van der Waals surface area contributed by atoms with Crippen LogP contribution in [-0.2, 0) is 11.3 Å². The van der Waals surface area contributed by atoms with Crippen LogP contribution < -0.4 is 10.2 Å². The zero-order valence-corrected chi connectivity index (χ0v) is 13.1. The van der Waals surface area contributed by atoms with Crippen molar-refractivity contribution in [1.82, 2.24) is 25.2 Å². The molecule has 124 valence electrons. The lowest BCUT2D eigenvalue weighted by atomic mass is 10.3. The van der Waals surface area contributed by atoms with E-state index in [1.807, 2.05) is 23.1 Å². The van der Waals surface area contributed by atoms with Crippen molar-refractivity contribution in [3.8, 4) is 0 Å². The largest absolute Gasteiger partial charge is 0.352 e. The molecule has 1 fully saturated rings. The van der Waals surface area contributed by atoms with Crippen molar-refractivity contribution in [3.63, 3.8) is 0 Å². The fourth-order valence-corrected chi connectivity index (χ4v) is 2.42. The van der Waals surface area contributed by atoms with Crippen LogP contribution in [0.4, 0.5) is 5.82 Å². The smallest absolute Gasteiger partial charge is 0.271 e. The number of nitrogens with one attached hydrogen (secondary N) is 1. The van der Waals surface area contributed by atoms with Gasteiger partial charge in [-0.2, -0.15) is 0 Å². The molecule has 0 atom stereocenters. The van der Waals surface area contributed by atoms with Gasteiger partial charge in [-0.1, -0.05) is 6.07 Å². The first-order chi connectivity index (χ1) is 11.8. The second kappa shape index (κ2) is 7.49. The minimum atomic E-state index is -0.287. The fourth-order valence-electron chi connectivity index (χ4n) is 2.42. The van der Waals surface area contributed by atoms with E-state index in [2.05, 4.69) is 20.3 Å². The molecule has 3 rings (SSSR count). The Balaban J connectivity index is 1.56. The first-order valence-corrected chi connectivity index (χ1v) is 7.71. The van der Waals surface area contributed by atoms with Crippen molar-refractivity contribution in [2.75, 3.05) is 31.1 Å². The van der Waals surface area contributed by atoms with Crippen LogP contribution in [0, 0.1) is 0 Å². The molecule has 0 radical (unpaired) electrons. The SMILES string of the molecule is O=CN1CCN(c2cnc(C(=O)NCc3ccccn3)cn2)CC1. The van der Waals surface area contributed by atoms with Crippen LogP contribution >= 0.6 is 0 Å². The van der Waals surface area contributed by atoms with E-state index in [1.54, 1.807) is 17.3 Å². The van der Waals surface area contributed by atoms with Gasteiger partial charge in [-0.15, -0.1) is 0 Å². The van der Waals surface area contributed by atoms with Gasteiger partial charge in [0.1, 0.15) is 11.5 Å². The molecule has 0 bridgehead atoms. The number of hydrogen-bond acceptors (Lipinski definition) is 6. The molecule has 0 aromatic carbocycles. The van der Waals surface area contributed by atoms with Crippen LogP contribution in [0.15, 0.2) is 36.8 Å². The Morgan fingerprint density at radius 3 is 2.58 bits per heavy atom. The van der Waals surface area contributed by atoms with E-state index >= 15 is 0 Å². The molecule has 1 saturated heterocycles. The first kappa shape index (κ1) is 15.9. The standard InChI is InChI=1S/C16H18N6O2/c23-12-21-5-7-22(8-6-21)15-11-18-14(10-19-15)16(24)20-9-13-3-1-2-4-17-13/h1-4,10-12H,5-9H2,(H,20,24). The van der Waals surface area contributed by atoms with Gasteiger partial charge in [-0.25, -0.2) is 9.97 Å². The van der Waals surface area contributed by atoms with Gasteiger partial charge in [0.2, 0.25) is 6.41 Å². The number of carbonyl (C=O) groups is 2.